The van der Waals surface area contributed by atoms with Crippen molar-refractivity contribution in [3.63, 3.8) is 0 Å². The number of benzene rings is 3. The predicted octanol–water partition coefficient (Wildman–Crippen LogP) is 6.17. The third-order valence-corrected chi connectivity index (χ3v) is 5.29. The van der Waals surface area contributed by atoms with Crippen LogP contribution in [-0.4, -0.2) is 33.3 Å². The van der Waals surface area contributed by atoms with Gasteiger partial charge in [0.15, 0.2) is 0 Å². The van der Waals surface area contributed by atoms with Crippen molar-refractivity contribution in [3.05, 3.63) is 84.9 Å². The van der Waals surface area contributed by atoms with Crippen molar-refractivity contribution in [2.45, 2.75) is 0 Å². The summed E-state index contributed by atoms with van der Waals surface area (Å²) in [6.07, 6.45) is 0. The van der Waals surface area contributed by atoms with Crippen LogP contribution in [0.4, 0.5) is 5.69 Å². The fraction of sp³-hybridized carbons (Fsp3) is 0.148. The molecule has 0 atom stereocenters. The molecule has 0 radical (unpaired) electrons. The lowest BCUT2D eigenvalue weighted by atomic mass is 9.98. The summed E-state index contributed by atoms with van der Waals surface area (Å²) in [5.74, 6) is 1.58. The lowest BCUT2D eigenvalue weighted by molar-refractivity contribution is 0.416. The van der Waals surface area contributed by atoms with Gasteiger partial charge in [0.1, 0.15) is 11.5 Å². The van der Waals surface area contributed by atoms with E-state index in [9.17, 15) is 0 Å². The van der Waals surface area contributed by atoms with Crippen molar-refractivity contribution in [2.24, 2.45) is 0 Å². The van der Waals surface area contributed by atoms with Crippen molar-refractivity contribution in [2.75, 3.05) is 33.2 Å². The molecular formula is C27H26N2O2. The maximum atomic E-state index is 5.62. The number of hydrogen-bond acceptors (Lipinski definition) is 4. The maximum Gasteiger partial charge on any atom is 0.128 e. The summed E-state index contributed by atoms with van der Waals surface area (Å²) in [6, 6.07) is 28.6. The Morgan fingerprint density at radius 3 is 1.55 bits per heavy atom. The molecule has 4 heteroatoms. The number of anilines is 1. The zero-order valence-electron chi connectivity index (χ0n) is 18.3. The highest BCUT2D eigenvalue weighted by molar-refractivity contribution is 5.85. The monoisotopic (exact) mass is 410 g/mol. The third kappa shape index (κ3) is 4.10. The van der Waals surface area contributed by atoms with Gasteiger partial charge >= 0.3 is 0 Å². The van der Waals surface area contributed by atoms with E-state index >= 15 is 0 Å². The summed E-state index contributed by atoms with van der Waals surface area (Å²) in [4.78, 5) is 7.14. The van der Waals surface area contributed by atoms with Gasteiger partial charge < -0.3 is 14.4 Å². The van der Waals surface area contributed by atoms with Crippen LogP contribution in [0.2, 0.25) is 0 Å². The van der Waals surface area contributed by atoms with E-state index in [1.165, 1.54) is 0 Å². The van der Waals surface area contributed by atoms with Crippen molar-refractivity contribution in [3.8, 4) is 45.1 Å². The molecule has 31 heavy (non-hydrogen) atoms. The lowest BCUT2D eigenvalue weighted by Crippen LogP contribution is -2.09. The fourth-order valence-electron chi connectivity index (χ4n) is 3.78. The number of methoxy groups -OCH3 is 2. The largest absolute Gasteiger partial charge is 0.496 e. The molecule has 3 aromatic carbocycles. The first-order valence-corrected chi connectivity index (χ1v) is 10.2. The number of hydrogen-bond donors (Lipinski definition) is 0. The molecule has 0 aliphatic heterocycles. The predicted molar refractivity (Wildman–Crippen MR) is 128 cm³/mol. The Kier molecular flexibility index (Phi) is 5.89. The molecular weight excluding hydrogens is 384 g/mol. The number of ether oxygens (including phenoxy) is 2. The topological polar surface area (TPSA) is 34.6 Å². The van der Waals surface area contributed by atoms with Gasteiger partial charge in [0, 0.05) is 36.5 Å². The van der Waals surface area contributed by atoms with Crippen LogP contribution in [0.15, 0.2) is 84.9 Å². The van der Waals surface area contributed by atoms with Crippen LogP contribution in [0.5, 0.6) is 11.5 Å². The van der Waals surface area contributed by atoms with E-state index in [2.05, 4.69) is 55.4 Å². The van der Waals surface area contributed by atoms with Gasteiger partial charge in [-0.15, -0.1) is 0 Å². The normalized spacial score (nSPS) is 10.6. The van der Waals surface area contributed by atoms with E-state index in [1.807, 2.05) is 48.5 Å². The van der Waals surface area contributed by atoms with Crippen molar-refractivity contribution < 1.29 is 9.47 Å². The Morgan fingerprint density at radius 1 is 0.613 bits per heavy atom. The van der Waals surface area contributed by atoms with E-state index in [4.69, 9.17) is 14.5 Å². The third-order valence-electron chi connectivity index (χ3n) is 5.29. The number of rotatable bonds is 6. The maximum absolute atomic E-state index is 5.62. The average molecular weight is 411 g/mol. The van der Waals surface area contributed by atoms with E-state index in [0.29, 0.717) is 0 Å². The molecule has 0 aliphatic carbocycles. The van der Waals surface area contributed by atoms with Crippen LogP contribution in [0, 0.1) is 0 Å². The van der Waals surface area contributed by atoms with Crippen LogP contribution in [-0.2, 0) is 0 Å². The minimum absolute atomic E-state index is 0.791. The fourth-order valence-corrected chi connectivity index (χ4v) is 3.78. The summed E-state index contributed by atoms with van der Waals surface area (Å²) in [7, 11) is 7.49. The quantitative estimate of drug-likeness (QED) is 0.381. The molecule has 156 valence electrons. The van der Waals surface area contributed by atoms with Crippen molar-refractivity contribution in [1.29, 1.82) is 0 Å². The summed E-state index contributed by atoms with van der Waals surface area (Å²) in [5, 5.41) is 0. The van der Waals surface area contributed by atoms with Crippen LogP contribution < -0.4 is 14.4 Å². The number of pyridine rings is 1. The molecule has 0 aliphatic rings. The second-order valence-corrected chi connectivity index (χ2v) is 7.44. The van der Waals surface area contributed by atoms with Gasteiger partial charge in [0.05, 0.1) is 25.6 Å². The highest BCUT2D eigenvalue weighted by atomic mass is 16.5. The Bertz CT molecular complexity index is 1140. The first-order chi connectivity index (χ1) is 15.1. The molecule has 1 aromatic heterocycles. The molecule has 0 spiro atoms. The lowest BCUT2D eigenvalue weighted by Gasteiger charge is -2.19. The Balaban J connectivity index is 2.01. The van der Waals surface area contributed by atoms with Gasteiger partial charge in [-0.25, -0.2) is 4.98 Å². The molecule has 0 N–H and O–H groups in total. The van der Waals surface area contributed by atoms with Crippen LogP contribution in [0.1, 0.15) is 0 Å². The molecule has 4 rings (SSSR count). The molecule has 0 fully saturated rings. The SMILES string of the molecule is COc1ccccc1-c1cc(-c2ccccc2N(C)C)cc(-c2ccccc2OC)n1. The summed E-state index contributed by atoms with van der Waals surface area (Å²) >= 11 is 0. The minimum atomic E-state index is 0.791. The van der Waals surface area contributed by atoms with Gasteiger partial charge in [-0.1, -0.05) is 42.5 Å². The number of para-hydroxylation sites is 3. The highest BCUT2D eigenvalue weighted by Gasteiger charge is 2.16. The Labute approximate surface area is 183 Å². The molecule has 0 bridgehead atoms. The molecule has 0 saturated carbocycles. The molecule has 1 heterocycles. The summed E-state index contributed by atoms with van der Waals surface area (Å²) in [6.45, 7) is 0. The molecule has 0 amide bonds. The van der Waals surface area contributed by atoms with E-state index in [-0.39, 0.29) is 0 Å². The van der Waals surface area contributed by atoms with Crippen molar-refractivity contribution in [1.82, 2.24) is 4.98 Å². The van der Waals surface area contributed by atoms with Gasteiger partial charge in [-0.3, -0.25) is 0 Å². The molecule has 0 saturated heterocycles. The Morgan fingerprint density at radius 2 is 1.06 bits per heavy atom. The zero-order valence-corrected chi connectivity index (χ0v) is 18.3. The van der Waals surface area contributed by atoms with Gasteiger partial charge in [-0.2, -0.15) is 0 Å². The summed E-state index contributed by atoms with van der Waals surface area (Å²) in [5.41, 5.74) is 6.97. The van der Waals surface area contributed by atoms with Crippen LogP contribution >= 0.6 is 0 Å². The molecule has 4 nitrogen and oxygen atoms in total. The van der Waals surface area contributed by atoms with Gasteiger partial charge in [-0.05, 0) is 48.0 Å². The minimum Gasteiger partial charge on any atom is -0.496 e. The van der Waals surface area contributed by atoms with E-state index in [1.54, 1.807) is 14.2 Å². The second kappa shape index (κ2) is 8.92. The van der Waals surface area contributed by atoms with Crippen molar-refractivity contribution >= 4 is 5.69 Å². The van der Waals surface area contributed by atoms with E-state index < -0.39 is 0 Å². The first-order valence-electron chi connectivity index (χ1n) is 10.2. The smallest absolute Gasteiger partial charge is 0.128 e. The average Bonchev–Trinajstić information content (AvgIpc) is 2.83. The first kappa shape index (κ1) is 20.5. The van der Waals surface area contributed by atoms with E-state index in [0.717, 1.165) is 50.8 Å². The second-order valence-electron chi connectivity index (χ2n) is 7.44. The number of nitrogens with zero attached hydrogens (tertiary/aromatic N) is 2. The van der Waals surface area contributed by atoms with Gasteiger partial charge in [0.2, 0.25) is 0 Å². The van der Waals surface area contributed by atoms with Crippen LogP contribution in [0.3, 0.4) is 0 Å². The van der Waals surface area contributed by atoms with Crippen LogP contribution in [0.25, 0.3) is 33.6 Å². The van der Waals surface area contributed by atoms with Gasteiger partial charge in [0.25, 0.3) is 0 Å². The zero-order chi connectivity index (χ0) is 21.8. The number of aromatic nitrogens is 1. The Hall–Kier alpha value is -3.79. The standard InChI is InChI=1S/C27H26N2O2/c1-29(2)25-14-8-5-11-20(25)19-17-23(21-12-6-9-15-26(21)30-3)28-24(18-19)22-13-7-10-16-27(22)31-4/h5-18H,1-4H3. The molecule has 0 unspecified atom stereocenters. The highest BCUT2D eigenvalue weighted by Crippen LogP contribution is 2.38. The molecule has 4 aromatic rings. The summed E-state index contributed by atoms with van der Waals surface area (Å²) < 4.78 is 11.2.